The van der Waals surface area contributed by atoms with E-state index in [-0.39, 0.29) is 5.91 Å². The van der Waals surface area contributed by atoms with E-state index in [1.54, 1.807) is 38.8 Å². The molecule has 1 aromatic heterocycles. The molecule has 0 unspecified atom stereocenters. The number of nitrogens with one attached hydrogen (secondary N) is 1. The summed E-state index contributed by atoms with van der Waals surface area (Å²) in [6.45, 7) is 6.25. The largest absolute Gasteiger partial charge is 0.496 e. The number of nitrogens with zero attached hydrogens (tertiary/aromatic N) is 3. The number of amides is 1. The van der Waals surface area contributed by atoms with Gasteiger partial charge in [-0.1, -0.05) is 18.2 Å². The number of benzene rings is 2. The summed E-state index contributed by atoms with van der Waals surface area (Å²) in [5.74, 6) is 1.75. The molecule has 1 N–H and O–H groups in total. The van der Waals surface area contributed by atoms with E-state index in [0.717, 1.165) is 28.7 Å². The van der Waals surface area contributed by atoms with Crippen LogP contribution in [0.3, 0.4) is 0 Å². The Morgan fingerprint density at radius 1 is 1.20 bits per heavy atom. The zero-order valence-electron chi connectivity index (χ0n) is 20.0. The van der Waals surface area contributed by atoms with Crippen LogP contribution in [0.1, 0.15) is 48.8 Å². The molecule has 1 atom stereocenters. The lowest BCUT2D eigenvalue weighted by Gasteiger charge is -2.26. The molecule has 0 aliphatic carbocycles. The van der Waals surface area contributed by atoms with Gasteiger partial charge in [0.25, 0.3) is 0 Å². The summed E-state index contributed by atoms with van der Waals surface area (Å²) in [4.78, 5) is 22.6. The minimum Gasteiger partial charge on any atom is -0.496 e. The van der Waals surface area contributed by atoms with E-state index in [0.29, 0.717) is 48.0 Å². The number of anilines is 1. The van der Waals surface area contributed by atoms with Crippen molar-refractivity contribution in [3.05, 3.63) is 65.0 Å². The highest BCUT2D eigenvalue weighted by molar-refractivity contribution is 5.94. The second kappa shape index (κ2) is 9.56. The molecule has 9 heteroatoms. The van der Waals surface area contributed by atoms with Crippen LogP contribution in [-0.4, -0.2) is 41.0 Å². The monoisotopic (exact) mass is 484 g/mol. The smallest absolute Gasteiger partial charge is 0.416 e. The Bertz CT molecular complexity index is 1300. The molecule has 1 aliphatic heterocycles. The van der Waals surface area contributed by atoms with E-state index in [9.17, 15) is 18.0 Å². The maximum Gasteiger partial charge on any atom is 0.416 e. The number of ether oxygens (including phenoxy) is 1. The number of aryl methyl sites for hydroxylation is 1. The molecular weight excluding hydrogens is 457 g/mol. The summed E-state index contributed by atoms with van der Waals surface area (Å²) in [5.41, 5.74) is 2.41. The fourth-order valence-corrected chi connectivity index (χ4v) is 4.27. The number of carbonyl (C=O) groups excluding carboxylic acids is 1. The molecular formula is C26H27F3N4O2. The van der Waals surface area contributed by atoms with Gasteiger partial charge in [0.2, 0.25) is 5.91 Å². The molecule has 4 rings (SSSR count). The SMILES string of the molecule is COc1cc2nc(C)nc(N[C@H](C)c3cccc(C(F)(F)F)c3)c2cc1C1=CCN(C(C)=O)CC1. The lowest BCUT2D eigenvalue weighted by Crippen LogP contribution is -2.32. The molecule has 3 aromatic rings. The van der Waals surface area contributed by atoms with Gasteiger partial charge in [-0.25, -0.2) is 9.97 Å². The van der Waals surface area contributed by atoms with Crippen LogP contribution in [0, 0.1) is 6.92 Å². The molecule has 2 aromatic carbocycles. The van der Waals surface area contributed by atoms with Crippen LogP contribution in [0.4, 0.5) is 19.0 Å². The first kappa shape index (κ1) is 24.5. The minimum atomic E-state index is -4.41. The maximum atomic E-state index is 13.2. The van der Waals surface area contributed by atoms with Crippen molar-refractivity contribution in [1.29, 1.82) is 0 Å². The molecule has 0 saturated heterocycles. The van der Waals surface area contributed by atoms with E-state index in [4.69, 9.17) is 4.74 Å². The second-order valence-corrected chi connectivity index (χ2v) is 8.62. The molecule has 184 valence electrons. The first-order chi connectivity index (χ1) is 16.6. The lowest BCUT2D eigenvalue weighted by atomic mass is 9.96. The van der Waals surface area contributed by atoms with E-state index in [1.165, 1.54) is 6.07 Å². The standard InChI is InChI=1S/C26H27F3N4O2/c1-15(19-6-5-7-20(12-19)26(27,28)29)30-25-22-13-21(18-8-10-33(11-9-18)17(3)34)24(35-4)14-23(22)31-16(2)32-25/h5-8,12-15H,9-11H2,1-4H3,(H,30,31,32)/t15-/m1/s1. The van der Waals surface area contributed by atoms with Gasteiger partial charge in [0.05, 0.1) is 18.2 Å². The summed E-state index contributed by atoms with van der Waals surface area (Å²) in [5, 5.41) is 4.01. The topological polar surface area (TPSA) is 67.4 Å². The third-order valence-corrected chi connectivity index (χ3v) is 6.20. The third kappa shape index (κ3) is 5.23. The van der Waals surface area contributed by atoms with E-state index in [1.807, 2.05) is 18.2 Å². The average molecular weight is 485 g/mol. The van der Waals surface area contributed by atoms with Gasteiger partial charge in [-0.2, -0.15) is 13.2 Å². The van der Waals surface area contributed by atoms with Crippen molar-refractivity contribution in [2.75, 3.05) is 25.5 Å². The summed E-state index contributed by atoms with van der Waals surface area (Å²) in [6.07, 6.45) is -1.72. The summed E-state index contributed by atoms with van der Waals surface area (Å²) < 4.78 is 45.2. The zero-order chi connectivity index (χ0) is 25.3. The van der Waals surface area contributed by atoms with Gasteiger partial charge in [-0.3, -0.25) is 4.79 Å². The zero-order valence-corrected chi connectivity index (χ0v) is 20.0. The van der Waals surface area contributed by atoms with Crippen molar-refractivity contribution in [2.45, 2.75) is 39.4 Å². The fraction of sp³-hybridized carbons (Fsp3) is 0.346. The van der Waals surface area contributed by atoms with Crippen molar-refractivity contribution in [3.63, 3.8) is 0 Å². The number of hydrogen-bond donors (Lipinski definition) is 1. The van der Waals surface area contributed by atoms with E-state index < -0.39 is 17.8 Å². The quantitative estimate of drug-likeness (QED) is 0.498. The van der Waals surface area contributed by atoms with Crippen molar-refractivity contribution in [3.8, 4) is 5.75 Å². The summed E-state index contributed by atoms with van der Waals surface area (Å²) in [7, 11) is 1.60. The summed E-state index contributed by atoms with van der Waals surface area (Å²) in [6, 6.07) is 8.63. The van der Waals surface area contributed by atoms with Gasteiger partial charge in [-0.15, -0.1) is 0 Å². The Morgan fingerprint density at radius 3 is 2.60 bits per heavy atom. The second-order valence-electron chi connectivity index (χ2n) is 8.62. The van der Waals surface area contributed by atoms with Crippen LogP contribution in [0.15, 0.2) is 42.5 Å². The van der Waals surface area contributed by atoms with Crippen LogP contribution < -0.4 is 10.1 Å². The van der Waals surface area contributed by atoms with Crippen molar-refractivity contribution < 1.29 is 22.7 Å². The minimum absolute atomic E-state index is 0.0321. The predicted octanol–water partition coefficient (Wildman–Crippen LogP) is 5.77. The van der Waals surface area contributed by atoms with Gasteiger partial charge < -0.3 is 15.0 Å². The van der Waals surface area contributed by atoms with Gasteiger partial charge in [0.1, 0.15) is 17.4 Å². The number of alkyl halides is 3. The highest BCUT2D eigenvalue weighted by atomic mass is 19.4. The Morgan fingerprint density at radius 2 is 1.97 bits per heavy atom. The average Bonchev–Trinajstić information content (AvgIpc) is 2.82. The van der Waals surface area contributed by atoms with Gasteiger partial charge >= 0.3 is 6.18 Å². The van der Waals surface area contributed by atoms with Crippen molar-refractivity contribution >= 4 is 28.2 Å². The van der Waals surface area contributed by atoms with Crippen LogP contribution in [0.2, 0.25) is 0 Å². The number of methoxy groups -OCH3 is 1. The van der Waals surface area contributed by atoms with E-state index in [2.05, 4.69) is 15.3 Å². The summed E-state index contributed by atoms with van der Waals surface area (Å²) >= 11 is 0. The van der Waals surface area contributed by atoms with Gasteiger partial charge in [-0.05, 0) is 49.6 Å². The molecule has 0 spiro atoms. The first-order valence-corrected chi connectivity index (χ1v) is 11.3. The Hall–Kier alpha value is -3.62. The molecule has 2 heterocycles. The number of aromatic nitrogens is 2. The molecule has 0 fully saturated rings. The lowest BCUT2D eigenvalue weighted by molar-refractivity contribution is -0.137. The van der Waals surface area contributed by atoms with E-state index >= 15 is 0 Å². The van der Waals surface area contributed by atoms with Crippen LogP contribution in [0.5, 0.6) is 5.75 Å². The number of carbonyl (C=O) groups is 1. The van der Waals surface area contributed by atoms with Gasteiger partial charge in [0.15, 0.2) is 0 Å². The molecule has 1 aliphatic rings. The first-order valence-electron chi connectivity index (χ1n) is 11.3. The highest BCUT2D eigenvalue weighted by Gasteiger charge is 2.30. The van der Waals surface area contributed by atoms with Crippen LogP contribution in [-0.2, 0) is 11.0 Å². The number of rotatable bonds is 5. The van der Waals surface area contributed by atoms with Crippen molar-refractivity contribution in [2.24, 2.45) is 0 Å². The van der Waals surface area contributed by atoms with Crippen LogP contribution >= 0.6 is 0 Å². The van der Waals surface area contributed by atoms with Crippen LogP contribution in [0.25, 0.3) is 16.5 Å². The Balaban J connectivity index is 1.73. The normalized spacial score (nSPS) is 15.1. The van der Waals surface area contributed by atoms with Crippen molar-refractivity contribution in [1.82, 2.24) is 14.9 Å². The number of halogens is 3. The highest BCUT2D eigenvalue weighted by Crippen LogP contribution is 2.37. The predicted molar refractivity (Wildman–Crippen MR) is 129 cm³/mol. The fourth-order valence-electron chi connectivity index (χ4n) is 4.27. The Labute approximate surface area is 201 Å². The molecule has 6 nitrogen and oxygen atoms in total. The maximum absolute atomic E-state index is 13.2. The molecule has 0 bridgehead atoms. The molecule has 1 amide bonds. The molecule has 0 radical (unpaired) electrons. The third-order valence-electron chi connectivity index (χ3n) is 6.20. The van der Waals surface area contributed by atoms with Gasteiger partial charge in [0, 0.05) is 43.1 Å². The number of hydrogen-bond acceptors (Lipinski definition) is 5. The number of fused-ring (bicyclic) bond motifs is 1. The molecule has 0 saturated carbocycles. The molecule has 35 heavy (non-hydrogen) atoms. The Kier molecular flexibility index (Phi) is 6.69.